The summed E-state index contributed by atoms with van der Waals surface area (Å²) in [6, 6.07) is 17.1. The van der Waals surface area contributed by atoms with Crippen molar-refractivity contribution in [2.45, 2.75) is 37.8 Å². The lowest BCUT2D eigenvalue weighted by molar-refractivity contribution is -0.139. The minimum atomic E-state index is -4.30. The van der Waals surface area contributed by atoms with Gasteiger partial charge in [-0.05, 0) is 55.8 Å². The van der Waals surface area contributed by atoms with Gasteiger partial charge >= 0.3 is 0 Å². The average molecular weight is 530 g/mol. The van der Waals surface area contributed by atoms with E-state index in [1.54, 1.807) is 24.3 Å². The van der Waals surface area contributed by atoms with Crippen molar-refractivity contribution >= 4 is 27.5 Å². The molecule has 10 heteroatoms. The summed E-state index contributed by atoms with van der Waals surface area (Å²) in [5, 5.41) is 2.72. The van der Waals surface area contributed by atoms with Gasteiger partial charge in [0.25, 0.3) is 10.0 Å². The van der Waals surface area contributed by atoms with Crippen LogP contribution in [0.2, 0.25) is 0 Å². The van der Waals surface area contributed by atoms with Gasteiger partial charge in [0.2, 0.25) is 11.8 Å². The first-order valence-electron chi connectivity index (χ1n) is 11.8. The minimum Gasteiger partial charge on any atom is -0.354 e. The number of carbonyl (C=O) groups excluding carboxylic acids is 2. The van der Waals surface area contributed by atoms with E-state index in [2.05, 4.69) is 5.32 Å². The van der Waals surface area contributed by atoms with Gasteiger partial charge in [0.1, 0.15) is 24.2 Å². The maximum atomic E-state index is 14.5. The van der Waals surface area contributed by atoms with E-state index in [-0.39, 0.29) is 22.7 Å². The van der Waals surface area contributed by atoms with Crippen molar-refractivity contribution in [2.75, 3.05) is 17.4 Å². The fraction of sp³-hybridized carbons (Fsp3) is 0.259. The molecule has 0 aromatic heterocycles. The molecule has 0 radical (unpaired) electrons. The number of hydrogen-bond acceptors (Lipinski definition) is 4. The summed E-state index contributed by atoms with van der Waals surface area (Å²) in [4.78, 5) is 27.4. The molecular weight excluding hydrogens is 500 g/mol. The molecule has 0 unspecified atom stereocenters. The molecule has 0 saturated carbocycles. The molecule has 0 heterocycles. The van der Waals surface area contributed by atoms with Crippen LogP contribution in [0.3, 0.4) is 0 Å². The first kappa shape index (κ1) is 27.8. The highest BCUT2D eigenvalue weighted by Crippen LogP contribution is 2.24. The Labute approximate surface area is 215 Å². The van der Waals surface area contributed by atoms with Gasteiger partial charge in [-0.25, -0.2) is 17.2 Å². The van der Waals surface area contributed by atoms with Crippen LogP contribution in [0.1, 0.15) is 25.8 Å². The van der Waals surface area contributed by atoms with Crippen LogP contribution in [0, 0.1) is 11.6 Å². The lowest BCUT2D eigenvalue weighted by atomic mass is 10.1. The zero-order valence-electron chi connectivity index (χ0n) is 20.6. The van der Waals surface area contributed by atoms with Gasteiger partial charge in [-0.1, -0.05) is 43.3 Å². The third-order valence-electron chi connectivity index (χ3n) is 5.74. The Morgan fingerprint density at radius 3 is 2.16 bits per heavy atom. The van der Waals surface area contributed by atoms with Crippen LogP contribution in [0.15, 0.2) is 83.8 Å². The number of para-hydroxylation sites is 1. The largest absolute Gasteiger partial charge is 0.354 e. The molecule has 0 aliphatic heterocycles. The molecule has 0 saturated heterocycles. The topological polar surface area (TPSA) is 86.8 Å². The normalized spacial score (nSPS) is 12.0. The third-order valence-corrected chi connectivity index (χ3v) is 7.53. The second-order valence-corrected chi connectivity index (χ2v) is 10.2. The van der Waals surface area contributed by atoms with Crippen molar-refractivity contribution in [1.29, 1.82) is 0 Å². The van der Waals surface area contributed by atoms with Crippen LogP contribution in [0.5, 0.6) is 0 Å². The zero-order valence-corrected chi connectivity index (χ0v) is 21.4. The molecule has 1 atom stereocenters. The second kappa shape index (κ2) is 12.4. The first-order chi connectivity index (χ1) is 17.6. The quantitative estimate of drug-likeness (QED) is 0.405. The Bertz CT molecular complexity index is 1320. The van der Waals surface area contributed by atoms with Gasteiger partial charge in [-0.3, -0.25) is 13.9 Å². The summed E-state index contributed by atoms with van der Waals surface area (Å²) in [5.74, 6) is -2.32. The summed E-state index contributed by atoms with van der Waals surface area (Å²) < 4.78 is 55.9. The zero-order chi connectivity index (χ0) is 27.0. The smallest absolute Gasteiger partial charge is 0.264 e. The maximum Gasteiger partial charge on any atom is 0.264 e. The number of benzene rings is 3. The molecule has 7 nitrogen and oxygen atoms in total. The standard InChI is InChI=1S/C27H29F2N3O4S/c1-3-17-30-27(34)20(2)31(18-21-9-7-8-12-25(21)29)26(33)19-32(23-10-5-4-6-11-23)37(35,36)24-15-13-22(28)14-16-24/h4-16,20H,3,17-19H2,1-2H3,(H,30,34)/t20-/m1/s1. The van der Waals surface area contributed by atoms with E-state index < -0.39 is 46.1 Å². The van der Waals surface area contributed by atoms with Gasteiger partial charge in [0, 0.05) is 18.7 Å². The van der Waals surface area contributed by atoms with Crippen LogP contribution in [0.25, 0.3) is 0 Å². The van der Waals surface area contributed by atoms with Crippen LogP contribution >= 0.6 is 0 Å². The molecule has 0 aliphatic carbocycles. The van der Waals surface area contributed by atoms with E-state index in [0.29, 0.717) is 13.0 Å². The van der Waals surface area contributed by atoms with Crippen molar-refractivity contribution in [2.24, 2.45) is 0 Å². The molecule has 0 aliphatic rings. The molecule has 3 aromatic rings. The number of nitrogens with zero attached hydrogens (tertiary/aromatic N) is 2. The fourth-order valence-corrected chi connectivity index (χ4v) is 5.06. The second-order valence-electron chi connectivity index (χ2n) is 8.38. The number of amides is 2. The average Bonchev–Trinajstić information content (AvgIpc) is 2.90. The van der Waals surface area contributed by atoms with E-state index >= 15 is 0 Å². The lowest BCUT2D eigenvalue weighted by Crippen LogP contribution is -2.51. The van der Waals surface area contributed by atoms with Gasteiger partial charge < -0.3 is 10.2 Å². The number of rotatable bonds is 11. The highest BCUT2D eigenvalue weighted by Gasteiger charge is 2.32. The lowest BCUT2D eigenvalue weighted by Gasteiger charge is -2.32. The number of anilines is 1. The van der Waals surface area contributed by atoms with Crippen molar-refractivity contribution in [1.82, 2.24) is 10.2 Å². The summed E-state index contributed by atoms with van der Waals surface area (Å²) in [6.45, 7) is 2.87. The number of carbonyl (C=O) groups is 2. The molecule has 3 aromatic carbocycles. The first-order valence-corrected chi connectivity index (χ1v) is 13.2. The number of hydrogen-bond donors (Lipinski definition) is 1. The number of halogens is 2. The maximum absolute atomic E-state index is 14.5. The molecule has 1 N–H and O–H groups in total. The molecule has 3 rings (SSSR count). The molecule has 2 amide bonds. The molecule has 37 heavy (non-hydrogen) atoms. The molecule has 196 valence electrons. The Morgan fingerprint density at radius 1 is 0.919 bits per heavy atom. The number of nitrogens with one attached hydrogen (secondary N) is 1. The van der Waals surface area contributed by atoms with Gasteiger partial charge in [-0.15, -0.1) is 0 Å². The molecule has 0 fully saturated rings. The van der Waals surface area contributed by atoms with E-state index in [0.717, 1.165) is 33.5 Å². The molecule has 0 bridgehead atoms. The summed E-state index contributed by atoms with van der Waals surface area (Å²) in [5.41, 5.74) is 0.382. The Kier molecular flexibility index (Phi) is 9.35. The highest BCUT2D eigenvalue weighted by atomic mass is 32.2. The van der Waals surface area contributed by atoms with Gasteiger partial charge in [-0.2, -0.15) is 0 Å². The fourth-order valence-electron chi connectivity index (χ4n) is 3.65. The molecule has 0 spiro atoms. The van der Waals surface area contributed by atoms with Gasteiger partial charge in [0.05, 0.1) is 10.6 Å². The van der Waals surface area contributed by atoms with Crippen molar-refractivity contribution < 1.29 is 26.8 Å². The Balaban J connectivity index is 2.00. The minimum absolute atomic E-state index is 0.179. The van der Waals surface area contributed by atoms with Gasteiger partial charge in [0.15, 0.2) is 0 Å². The summed E-state index contributed by atoms with van der Waals surface area (Å²) >= 11 is 0. The van der Waals surface area contributed by atoms with Crippen LogP contribution in [-0.4, -0.2) is 44.3 Å². The Hall–Kier alpha value is -3.79. The molecular formula is C27H29F2N3O4S. The van der Waals surface area contributed by atoms with Crippen molar-refractivity contribution in [3.63, 3.8) is 0 Å². The van der Waals surface area contributed by atoms with Crippen molar-refractivity contribution in [3.8, 4) is 0 Å². The van der Waals surface area contributed by atoms with E-state index in [1.165, 1.54) is 37.3 Å². The monoisotopic (exact) mass is 529 g/mol. The van der Waals surface area contributed by atoms with Crippen LogP contribution in [0.4, 0.5) is 14.5 Å². The Morgan fingerprint density at radius 2 is 1.54 bits per heavy atom. The highest BCUT2D eigenvalue weighted by molar-refractivity contribution is 7.92. The van der Waals surface area contributed by atoms with E-state index in [1.807, 2.05) is 6.92 Å². The predicted molar refractivity (Wildman–Crippen MR) is 137 cm³/mol. The van der Waals surface area contributed by atoms with Crippen LogP contribution in [-0.2, 0) is 26.2 Å². The predicted octanol–water partition coefficient (Wildman–Crippen LogP) is 4.10. The van der Waals surface area contributed by atoms with E-state index in [4.69, 9.17) is 0 Å². The SMILES string of the molecule is CCCNC(=O)[C@@H](C)N(Cc1ccccc1F)C(=O)CN(c1ccccc1)S(=O)(=O)c1ccc(F)cc1. The third kappa shape index (κ3) is 6.91. The summed E-state index contributed by atoms with van der Waals surface area (Å²) in [6.07, 6.45) is 0.678. The number of sulfonamides is 1. The summed E-state index contributed by atoms with van der Waals surface area (Å²) in [7, 11) is -4.30. The van der Waals surface area contributed by atoms with E-state index in [9.17, 15) is 26.8 Å². The van der Waals surface area contributed by atoms with Crippen LogP contribution < -0.4 is 9.62 Å². The van der Waals surface area contributed by atoms with Crippen molar-refractivity contribution in [3.05, 3.63) is 96.1 Å².